The summed E-state index contributed by atoms with van der Waals surface area (Å²) < 4.78 is 5.37. The molecule has 1 aromatic heterocycles. The molecule has 3 heterocycles. The number of carbonyl (C=O) groups is 2. The van der Waals surface area contributed by atoms with Gasteiger partial charge in [-0.3, -0.25) is 9.59 Å². The van der Waals surface area contributed by atoms with Gasteiger partial charge in [-0.1, -0.05) is 13.8 Å². The number of benzene rings is 1. The van der Waals surface area contributed by atoms with Crippen molar-refractivity contribution in [1.29, 1.82) is 0 Å². The van der Waals surface area contributed by atoms with Crippen molar-refractivity contribution < 1.29 is 14.3 Å². The number of hydrogen-bond acceptors (Lipinski definition) is 3. The van der Waals surface area contributed by atoms with Crippen molar-refractivity contribution in [1.82, 2.24) is 14.8 Å². The summed E-state index contributed by atoms with van der Waals surface area (Å²) in [4.78, 5) is 33.3. The van der Waals surface area contributed by atoms with E-state index in [0.29, 0.717) is 19.0 Å². The molecule has 1 atom stereocenters. The normalized spacial score (nSPS) is 22.4. The monoisotopic (exact) mass is 369 g/mol. The lowest BCUT2D eigenvalue weighted by atomic mass is 9.83. The summed E-state index contributed by atoms with van der Waals surface area (Å²) in [6.45, 7) is 7.53. The van der Waals surface area contributed by atoms with E-state index in [-0.39, 0.29) is 18.4 Å². The number of rotatable bonds is 4. The molecule has 0 aliphatic carbocycles. The van der Waals surface area contributed by atoms with Crippen LogP contribution in [0.15, 0.2) is 18.2 Å². The molecular formula is C21H27N3O3. The molecule has 6 heteroatoms. The molecule has 1 fully saturated rings. The molecule has 0 bridgehead atoms. The van der Waals surface area contributed by atoms with Crippen LogP contribution in [0.25, 0.3) is 10.9 Å². The van der Waals surface area contributed by atoms with Crippen molar-refractivity contribution in [3.05, 3.63) is 29.5 Å². The van der Waals surface area contributed by atoms with Crippen molar-refractivity contribution in [2.45, 2.75) is 39.2 Å². The predicted molar refractivity (Wildman–Crippen MR) is 104 cm³/mol. The Morgan fingerprint density at radius 2 is 2.07 bits per heavy atom. The van der Waals surface area contributed by atoms with Crippen LogP contribution < -0.4 is 4.74 Å². The van der Waals surface area contributed by atoms with Crippen LogP contribution in [-0.2, 0) is 21.5 Å². The Hall–Kier alpha value is -2.50. The number of nitrogens with one attached hydrogen (secondary N) is 1. The minimum atomic E-state index is -0.966. The Morgan fingerprint density at radius 1 is 1.30 bits per heavy atom. The van der Waals surface area contributed by atoms with Crippen LogP contribution in [0.1, 0.15) is 38.4 Å². The summed E-state index contributed by atoms with van der Waals surface area (Å²) in [7, 11) is 1.65. The number of hydrogen-bond donors (Lipinski definition) is 1. The third kappa shape index (κ3) is 2.61. The van der Waals surface area contributed by atoms with Crippen LogP contribution in [0, 0.1) is 5.92 Å². The summed E-state index contributed by atoms with van der Waals surface area (Å²) in [5.41, 5.74) is 1.98. The number of aromatic amines is 1. The molecule has 1 aromatic carbocycles. The first kappa shape index (κ1) is 17.9. The fourth-order valence-electron chi connectivity index (χ4n) is 4.43. The highest BCUT2D eigenvalue weighted by Crippen LogP contribution is 2.42. The number of carbonyl (C=O) groups excluding carboxylic acids is 2. The predicted octanol–water partition coefficient (Wildman–Crippen LogP) is 2.66. The highest BCUT2D eigenvalue weighted by molar-refractivity contribution is 6.00. The van der Waals surface area contributed by atoms with Crippen LogP contribution in [0.5, 0.6) is 5.75 Å². The highest BCUT2D eigenvalue weighted by atomic mass is 16.5. The molecule has 0 saturated carbocycles. The summed E-state index contributed by atoms with van der Waals surface area (Å²) in [6, 6.07) is 5.90. The summed E-state index contributed by atoms with van der Waals surface area (Å²) in [5.74, 6) is 1.33. The second kappa shape index (κ2) is 6.29. The topological polar surface area (TPSA) is 65.6 Å². The second-order valence-electron chi connectivity index (χ2n) is 8.17. The smallest absolute Gasteiger partial charge is 0.254 e. The SMILES string of the molecule is COc1ccc2[nH]c3c(c2c1)CCN1C(=O)CN(CCC(C)C)C(=O)[C@]31C. The molecule has 1 saturated heterocycles. The van der Waals surface area contributed by atoms with Crippen molar-refractivity contribution in [3.8, 4) is 5.75 Å². The summed E-state index contributed by atoms with van der Waals surface area (Å²) in [6.07, 6.45) is 1.63. The largest absolute Gasteiger partial charge is 0.497 e. The van der Waals surface area contributed by atoms with Gasteiger partial charge in [-0.2, -0.15) is 0 Å². The lowest BCUT2D eigenvalue weighted by Crippen LogP contribution is -2.67. The maximum atomic E-state index is 13.5. The van der Waals surface area contributed by atoms with Crippen molar-refractivity contribution in [3.63, 3.8) is 0 Å². The Bertz CT molecular complexity index is 917. The highest BCUT2D eigenvalue weighted by Gasteiger charge is 2.53. The number of piperazine rings is 1. The van der Waals surface area contributed by atoms with Gasteiger partial charge in [0.2, 0.25) is 5.91 Å². The molecule has 27 heavy (non-hydrogen) atoms. The lowest BCUT2D eigenvalue weighted by Gasteiger charge is -2.49. The zero-order chi connectivity index (χ0) is 19.3. The number of amides is 2. The molecule has 0 unspecified atom stereocenters. The van der Waals surface area contributed by atoms with E-state index in [4.69, 9.17) is 4.74 Å². The van der Waals surface area contributed by atoms with Gasteiger partial charge in [-0.15, -0.1) is 0 Å². The number of fused-ring (bicyclic) bond motifs is 5. The van der Waals surface area contributed by atoms with Gasteiger partial charge in [-0.25, -0.2) is 0 Å². The molecule has 2 aliphatic rings. The number of nitrogens with zero attached hydrogens (tertiary/aromatic N) is 2. The van der Waals surface area contributed by atoms with E-state index < -0.39 is 5.54 Å². The van der Waals surface area contributed by atoms with E-state index in [9.17, 15) is 9.59 Å². The van der Waals surface area contributed by atoms with Crippen LogP contribution in [0.3, 0.4) is 0 Å². The standard InChI is InChI=1S/C21H27N3O3/c1-13(2)7-9-23-12-18(25)24-10-8-15-16-11-14(27-4)5-6-17(16)22-19(15)21(24,3)20(23)26/h5-6,11,13,22H,7-10,12H2,1-4H3/t21-/m0/s1. The minimum Gasteiger partial charge on any atom is -0.497 e. The van der Waals surface area contributed by atoms with Crippen LogP contribution >= 0.6 is 0 Å². The van der Waals surface area contributed by atoms with Gasteiger partial charge in [0, 0.05) is 24.0 Å². The maximum absolute atomic E-state index is 13.5. The molecule has 2 aromatic rings. The Balaban J connectivity index is 1.81. The van der Waals surface area contributed by atoms with Gasteiger partial charge < -0.3 is 19.5 Å². The first-order chi connectivity index (χ1) is 12.9. The quantitative estimate of drug-likeness (QED) is 0.901. The number of methoxy groups -OCH3 is 1. The van der Waals surface area contributed by atoms with Crippen molar-refractivity contribution in [2.24, 2.45) is 5.92 Å². The zero-order valence-electron chi connectivity index (χ0n) is 16.5. The molecule has 1 N–H and O–H groups in total. The third-order valence-electron chi connectivity index (χ3n) is 6.03. The first-order valence-electron chi connectivity index (χ1n) is 9.65. The summed E-state index contributed by atoms with van der Waals surface area (Å²) >= 11 is 0. The molecule has 6 nitrogen and oxygen atoms in total. The zero-order valence-corrected chi connectivity index (χ0v) is 16.5. The van der Waals surface area contributed by atoms with Gasteiger partial charge in [-0.05, 0) is 49.4 Å². The van der Waals surface area contributed by atoms with Crippen LogP contribution in [-0.4, -0.2) is 53.3 Å². The van der Waals surface area contributed by atoms with Crippen LogP contribution in [0.4, 0.5) is 0 Å². The van der Waals surface area contributed by atoms with Crippen molar-refractivity contribution >= 4 is 22.7 Å². The molecule has 2 amide bonds. The first-order valence-corrected chi connectivity index (χ1v) is 9.65. The van der Waals surface area contributed by atoms with Gasteiger partial charge >= 0.3 is 0 Å². The number of H-pyrrole nitrogens is 1. The van der Waals surface area contributed by atoms with Gasteiger partial charge in [0.15, 0.2) is 5.54 Å². The van der Waals surface area contributed by atoms with E-state index in [1.165, 1.54) is 0 Å². The average Bonchev–Trinajstić information content (AvgIpc) is 3.02. The van der Waals surface area contributed by atoms with E-state index in [0.717, 1.165) is 40.8 Å². The van der Waals surface area contributed by atoms with Gasteiger partial charge in [0.05, 0.1) is 19.3 Å². The van der Waals surface area contributed by atoms with Crippen LogP contribution in [0.2, 0.25) is 0 Å². The second-order valence-corrected chi connectivity index (χ2v) is 8.17. The fourth-order valence-corrected chi connectivity index (χ4v) is 4.43. The van der Waals surface area contributed by atoms with E-state index in [1.54, 1.807) is 16.9 Å². The molecule has 144 valence electrons. The lowest BCUT2D eigenvalue weighted by molar-refractivity contribution is -0.166. The number of aromatic nitrogens is 1. The Kier molecular flexibility index (Phi) is 4.17. The fraction of sp³-hybridized carbons (Fsp3) is 0.524. The molecule has 2 aliphatic heterocycles. The van der Waals surface area contributed by atoms with E-state index >= 15 is 0 Å². The Labute approximate surface area is 159 Å². The number of ether oxygens (including phenoxy) is 1. The average molecular weight is 369 g/mol. The molecule has 0 spiro atoms. The summed E-state index contributed by atoms with van der Waals surface area (Å²) in [5, 5.41) is 1.07. The van der Waals surface area contributed by atoms with Crippen molar-refractivity contribution in [2.75, 3.05) is 26.7 Å². The maximum Gasteiger partial charge on any atom is 0.254 e. The Morgan fingerprint density at radius 3 is 2.78 bits per heavy atom. The van der Waals surface area contributed by atoms with Gasteiger partial charge in [0.1, 0.15) is 5.75 Å². The van der Waals surface area contributed by atoms with E-state index in [2.05, 4.69) is 18.8 Å². The molecule has 4 rings (SSSR count). The van der Waals surface area contributed by atoms with Gasteiger partial charge in [0.25, 0.3) is 5.91 Å². The van der Waals surface area contributed by atoms with E-state index in [1.807, 2.05) is 25.1 Å². The minimum absolute atomic E-state index is 0.0159. The molecular weight excluding hydrogens is 342 g/mol. The molecule has 0 radical (unpaired) electrons. The third-order valence-corrected chi connectivity index (χ3v) is 6.03.